The number of hydrazine groups is 1. The van der Waals surface area contributed by atoms with E-state index in [9.17, 15) is 9.59 Å². The van der Waals surface area contributed by atoms with Gasteiger partial charge in [0.1, 0.15) is 11.8 Å². The van der Waals surface area contributed by atoms with Crippen molar-refractivity contribution in [3.8, 4) is 5.75 Å². The Morgan fingerprint density at radius 3 is 2.64 bits per heavy atom. The lowest BCUT2D eigenvalue weighted by atomic mass is 10.2. The lowest BCUT2D eigenvalue weighted by Crippen LogP contribution is -2.46. The zero-order valence-electron chi connectivity index (χ0n) is 12.4. The van der Waals surface area contributed by atoms with Crippen molar-refractivity contribution in [3.63, 3.8) is 0 Å². The number of hydrogen-bond acceptors (Lipinski definition) is 4. The highest BCUT2D eigenvalue weighted by molar-refractivity contribution is 5.84. The van der Waals surface area contributed by atoms with Crippen LogP contribution in [-0.2, 0) is 9.59 Å². The van der Waals surface area contributed by atoms with Crippen LogP contribution in [0.5, 0.6) is 5.75 Å². The van der Waals surface area contributed by atoms with Crippen molar-refractivity contribution in [3.05, 3.63) is 48.3 Å². The summed E-state index contributed by atoms with van der Waals surface area (Å²) in [6.07, 6.45) is 3.25. The molecule has 0 aliphatic carbocycles. The van der Waals surface area contributed by atoms with Crippen molar-refractivity contribution in [1.82, 2.24) is 20.6 Å². The molecule has 1 unspecified atom stereocenters. The number of nitrogens with zero attached hydrogens (tertiary/aromatic N) is 2. The topological polar surface area (TPSA) is 85.3 Å². The van der Waals surface area contributed by atoms with Crippen molar-refractivity contribution < 1.29 is 14.3 Å². The fourth-order valence-electron chi connectivity index (χ4n) is 1.69. The zero-order valence-corrected chi connectivity index (χ0v) is 12.4. The first-order valence-electron chi connectivity index (χ1n) is 6.83. The highest BCUT2D eigenvalue weighted by Gasteiger charge is 2.15. The van der Waals surface area contributed by atoms with Gasteiger partial charge in [-0.15, -0.1) is 0 Å². The van der Waals surface area contributed by atoms with Crippen LogP contribution in [0.25, 0.3) is 0 Å². The third kappa shape index (κ3) is 4.34. The molecule has 2 N–H and O–H groups in total. The van der Waals surface area contributed by atoms with Crippen LogP contribution in [-0.4, -0.2) is 28.2 Å². The van der Waals surface area contributed by atoms with Crippen LogP contribution in [0.4, 0.5) is 0 Å². The fraction of sp³-hybridized carbons (Fsp3) is 0.267. The van der Waals surface area contributed by atoms with Crippen LogP contribution < -0.4 is 15.6 Å². The highest BCUT2D eigenvalue weighted by Crippen LogP contribution is 2.10. The smallest absolute Gasteiger partial charge is 0.276 e. The van der Waals surface area contributed by atoms with Gasteiger partial charge in [0, 0.05) is 12.4 Å². The monoisotopic (exact) mass is 302 g/mol. The van der Waals surface area contributed by atoms with E-state index in [0.717, 1.165) is 5.56 Å². The number of nitrogens with one attached hydrogen (secondary N) is 2. The molecule has 7 nitrogen and oxygen atoms in total. The van der Waals surface area contributed by atoms with E-state index in [1.54, 1.807) is 37.5 Å². The number of benzene rings is 1. The Morgan fingerprint density at radius 1 is 1.27 bits per heavy atom. The Balaban J connectivity index is 1.73. The first kappa shape index (κ1) is 15.6. The summed E-state index contributed by atoms with van der Waals surface area (Å²) in [5.74, 6) is -0.217. The van der Waals surface area contributed by atoms with Crippen LogP contribution in [0.15, 0.2) is 42.7 Å². The van der Waals surface area contributed by atoms with Crippen LogP contribution >= 0.6 is 0 Å². The first-order chi connectivity index (χ1) is 10.6. The molecule has 1 aromatic carbocycles. The van der Waals surface area contributed by atoms with Crippen LogP contribution in [0.2, 0.25) is 0 Å². The molecule has 7 heteroatoms. The molecule has 1 aromatic heterocycles. The molecule has 0 radical (unpaired) electrons. The molecule has 22 heavy (non-hydrogen) atoms. The van der Waals surface area contributed by atoms with Gasteiger partial charge < -0.3 is 4.74 Å². The average molecular weight is 302 g/mol. The minimum Gasteiger partial charge on any atom is -0.484 e. The molecule has 0 fully saturated rings. The SMILES string of the molecule is Cc1ccc(OCC(=O)NNC(=O)C(C)n2cccn2)cc1. The van der Waals surface area contributed by atoms with E-state index in [4.69, 9.17) is 4.74 Å². The standard InChI is InChI=1S/C15H18N4O3/c1-11-4-6-13(7-5-11)22-10-14(20)17-18-15(21)12(2)19-9-3-8-16-19/h3-9,12H,10H2,1-2H3,(H,17,20)(H,18,21). The normalized spacial score (nSPS) is 11.5. The van der Waals surface area contributed by atoms with Gasteiger partial charge in [0.25, 0.3) is 11.8 Å². The van der Waals surface area contributed by atoms with Gasteiger partial charge in [-0.25, -0.2) is 0 Å². The second kappa shape index (κ2) is 7.26. The largest absolute Gasteiger partial charge is 0.484 e. The maximum atomic E-state index is 11.8. The first-order valence-corrected chi connectivity index (χ1v) is 6.83. The lowest BCUT2D eigenvalue weighted by molar-refractivity contribution is -0.131. The molecule has 1 heterocycles. The van der Waals surface area contributed by atoms with E-state index in [0.29, 0.717) is 5.75 Å². The quantitative estimate of drug-likeness (QED) is 0.806. The van der Waals surface area contributed by atoms with Gasteiger partial charge in [0.05, 0.1) is 0 Å². The number of carbonyl (C=O) groups is 2. The second-order valence-electron chi connectivity index (χ2n) is 4.80. The molecule has 2 rings (SSSR count). The number of aromatic nitrogens is 2. The molecule has 0 aliphatic rings. The number of ether oxygens (including phenoxy) is 1. The summed E-state index contributed by atoms with van der Waals surface area (Å²) in [5.41, 5.74) is 5.75. The van der Waals surface area contributed by atoms with Gasteiger partial charge >= 0.3 is 0 Å². The summed E-state index contributed by atoms with van der Waals surface area (Å²) in [7, 11) is 0. The highest BCUT2D eigenvalue weighted by atomic mass is 16.5. The summed E-state index contributed by atoms with van der Waals surface area (Å²) in [5, 5.41) is 3.97. The number of aryl methyl sites for hydroxylation is 1. The van der Waals surface area contributed by atoms with Gasteiger partial charge in [-0.3, -0.25) is 25.1 Å². The van der Waals surface area contributed by atoms with Gasteiger partial charge in [-0.05, 0) is 32.0 Å². The van der Waals surface area contributed by atoms with E-state index in [1.807, 2.05) is 19.1 Å². The molecule has 2 aromatic rings. The summed E-state index contributed by atoms with van der Waals surface area (Å²) in [6, 6.07) is 8.54. The van der Waals surface area contributed by atoms with Crippen LogP contribution in [0.3, 0.4) is 0 Å². The molecule has 1 atom stereocenters. The summed E-state index contributed by atoms with van der Waals surface area (Å²) in [6.45, 7) is 3.46. The van der Waals surface area contributed by atoms with Crippen molar-refractivity contribution in [2.45, 2.75) is 19.9 Å². The molecule has 2 amide bonds. The molecule has 0 spiro atoms. The predicted octanol–water partition coefficient (Wildman–Crippen LogP) is 0.979. The maximum Gasteiger partial charge on any atom is 0.276 e. The van der Waals surface area contributed by atoms with Gasteiger partial charge in [0.2, 0.25) is 0 Å². The number of rotatable bonds is 5. The third-order valence-corrected chi connectivity index (χ3v) is 3.02. The Kier molecular flexibility index (Phi) is 5.13. The van der Waals surface area contributed by atoms with Crippen molar-refractivity contribution in [2.75, 3.05) is 6.61 Å². The molecule has 0 saturated heterocycles. The zero-order chi connectivity index (χ0) is 15.9. The molecular formula is C15H18N4O3. The number of hydrogen-bond donors (Lipinski definition) is 2. The number of amides is 2. The summed E-state index contributed by atoms with van der Waals surface area (Å²) in [4.78, 5) is 23.5. The molecule has 0 bridgehead atoms. The van der Waals surface area contributed by atoms with E-state index in [1.165, 1.54) is 4.68 Å². The third-order valence-electron chi connectivity index (χ3n) is 3.02. The average Bonchev–Trinajstić information content (AvgIpc) is 3.05. The van der Waals surface area contributed by atoms with Gasteiger partial charge in [-0.1, -0.05) is 17.7 Å². The minimum absolute atomic E-state index is 0.181. The van der Waals surface area contributed by atoms with E-state index < -0.39 is 11.9 Å². The number of carbonyl (C=O) groups excluding carboxylic acids is 2. The van der Waals surface area contributed by atoms with E-state index in [2.05, 4.69) is 16.0 Å². The predicted molar refractivity (Wildman–Crippen MR) is 79.9 cm³/mol. The van der Waals surface area contributed by atoms with Gasteiger partial charge in [0.15, 0.2) is 6.61 Å². The Morgan fingerprint density at radius 2 is 2.00 bits per heavy atom. The minimum atomic E-state index is -0.520. The van der Waals surface area contributed by atoms with Crippen molar-refractivity contribution >= 4 is 11.8 Å². The Labute approximate surface area is 128 Å². The van der Waals surface area contributed by atoms with Crippen molar-refractivity contribution in [1.29, 1.82) is 0 Å². The van der Waals surface area contributed by atoms with Crippen LogP contribution in [0.1, 0.15) is 18.5 Å². The van der Waals surface area contributed by atoms with E-state index >= 15 is 0 Å². The lowest BCUT2D eigenvalue weighted by Gasteiger charge is -2.13. The maximum absolute atomic E-state index is 11.8. The summed E-state index contributed by atoms with van der Waals surface area (Å²) < 4.78 is 6.80. The molecule has 116 valence electrons. The second-order valence-corrected chi connectivity index (χ2v) is 4.80. The Bertz CT molecular complexity index is 623. The molecule has 0 saturated carbocycles. The summed E-state index contributed by atoms with van der Waals surface area (Å²) >= 11 is 0. The Hall–Kier alpha value is -2.83. The van der Waals surface area contributed by atoms with Gasteiger partial charge in [-0.2, -0.15) is 5.10 Å². The fourth-order valence-corrected chi connectivity index (χ4v) is 1.69. The molecule has 0 aliphatic heterocycles. The van der Waals surface area contributed by atoms with Crippen LogP contribution in [0, 0.1) is 6.92 Å². The van der Waals surface area contributed by atoms with Crippen molar-refractivity contribution in [2.24, 2.45) is 0 Å². The molecular weight excluding hydrogens is 284 g/mol. The van der Waals surface area contributed by atoms with E-state index in [-0.39, 0.29) is 12.5 Å².